The number of pyridine rings is 1. The van der Waals surface area contributed by atoms with E-state index in [0.717, 1.165) is 17.9 Å². The molecule has 3 rings (SSSR count). The van der Waals surface area contributed by atoms with Crippen LogP contribution in [0.4, 0.5) is 5.69 Å². The predicted molar refractivity (Wildman–Crippen MR) is 80.1 cm³/mol. The number of hydrogen-bond donors (Lipinski definition) is 1. The Morgan fingerprint density at radius 1 is 1.10 bits per heavy atom. The van der Waals surface area contributed by atoms with Crippen molar-refractivity contribution in [3.63, 3.8) is 0 Å². The van der Waals surface area contributed by atoms with Crippen LogP contribution in [0.3, 0.4) is 0 Å². The van der Waals surface area contributed by atoms with Crippen LogP contribution in [0, 0.1) is 0 Å². The first-order valence-electron chi connectivity index (χ1n) is 6.26. The van der Waals surface area contributed by atoms with E-state index >= 15 is 0 Å². The number of benzene rings is 1. The Balaban J connectivity index is 1.67. The molecule has 0 amide bonds. The number of aromatic nitrogens is 3. The molecule has 20 heavy (non-hydrogen) atoms. The van der Waals surface area contributed by atoms with Gasteiger partial charge in [-0.25, -0.2) is 9.67 Å². The number of hydrogen-bond acceptors (Lipinski definition) is 3. The largest absolute Gasteiger partial charge is 0.381 e. The van der Waals surface area contributed by atoms with Crippen LogP contribution in [-0.2, 0) is 6.54 Å². The molecule has 0 aliphatic rings. The van der Waals surface area contributed by atoms with Crippen LogP contribution >= 0.6 is 11.6 Å². The molecule has 0 aliphatic heterocycles. The van der Waals surface area contributed by atoms with E-state index in [-0.39, 0.29) is 0 Å². The van der Waals surface area contributed by atoms with E-state index < -0.39 is 0 Å². The molecule has 2 aromatic heterocycles. The van der Waals surface area contributed by atoms with Crippen molar-refractivity contribution in [2.45, 2.75) is 6.54 Å². The summed E-state index contributed by atoms with van der Waals surface area (Å²) < 4.78 is 1.83. The minimum Gasteiger partial charge on any atom is -0.381 e. The highest BCUT2D eigenvalue weighted by molar-refractivity contribution is 6.29. The lowest BCUT2D eigenvalue weighted by atomic mass is 10.2. The summed E-state index contributed by atoms with van der Waals surface area (Å²) in [4.78, 5) is 3.95. The summed E-state index contributed by atoms with van der Waals surface area (Å²) in [6.45, 7) is 0.736. The maximum atomic E-state index is 5.84. The van der Waals surface area contributed by atoms with Gasteiger partial charge in [-0.2, -0.15) is 5.10 Å². The number of rotatable bonds is 4. The molecule has 0 bridgehead atoms. The first kappa shape index (κ1) is 12.7. The van der Waals surface area contributed by atoms with E-state index in [1.54, 1.807) is 18.5 Å². The molecule has 0 atom stereocenters. The zero-order valence-electron chi connectivity index (χ0n) is 10.7. The zero-order valence-corrected chi connectivity index (χ0v) is 11.5. The summed E-state index contributed by atoms with van der Waals surface area (Å²) in [6, 6.07) is 13.8. The zero-order chi connectivity index (χ0) is 13.8. The van der Waals surface area contributed by atoms with Gasteiger partial charge < -0.3 is 5.32 Å². The van der Waals surface area contributed by atoms with E-state index in [1.807, 2.05) is 35.1 Å². The Kier molecular flexibility index (Phi) is 3.65. The Bertz CT molecular complexity index is 677. The van der Waals surface area contributed by atoms with Crippen LogP contribution in [0.1, 0.15) is 5.56 Å². The molecule has 1 aromatic carbocycles. The normalized spacial score (nSPS) is 10.4. The average Bonchev–Trinajstić information content (AvgIpc) is 3.00. The lowest BCUT2D eigenvalue weighted by Crippen LogP contribution is -2.00. The molecule has 4 nitrogen and oxygen atoms in total. The highest BCUT2D eigenvalue weighted by Crippen LogP contribution is 2.14. The van der Waals surface area contributed by atoms with Crippen LogP contribution in [0.5, 0.6) is 0 Å². The lowest BCUT2D eigenvalue weighted by Gasteiger charge is -2.07. The van der Waals surface area contributed by atoms with Crippen molar-refractivity contribution in [2.24, 2.45) is 0 Å². The first-order chi connectivity index (χ1) is 9.81. The first-order valence-corrected chi connectivity index (χ1v) is 6.63. The van der Waals surface area contributed by atoms with Crippen LogP contribution in [0.15, 0.2) is 61.1 Å². The van der Waals surface area contributed by atoms with Crippen LogP contribution in [0.2, 0.25) is 5.15 Å². The van der Waals surface area contributed by atoms with Crippen molar-refractivity contribution in [1.82, 2.24) is 14.8 Å². The maximum Gasteiger partial charge on any atom is 0.131 e. The Hall–Kier alpha value is -2.33. The van der Waals surface area contributed by atoms with Gasteiger partial charge in [0.05, 0.1) is 5.69 Å². The van der Waals surface area contributed by atoms with Crippen molar-refractivity contribution in [3.8, 4) is 5.69 Å². The van der Waals surface area contributed by atoms with Gasteiger partial charge in [-0.15, -0.1) is 0 Å². The van der Waals surface area contributed by atoms with Gasteiger partial charge in [-0.05, 0) is 35.9 Å². The van der Waals surface area contributed by atoms with E-state index in [1.165, 1.54) is 5.56 Å². The van der Waals surface area contributed by atoms with E-state index in [0.29, 0.717) is 5.15 Å². The molecular weight excluding hydrogens is 272 g/mol. The Labute approximate surface area is 122 Å². The van der Waals surface area contributed by atoms with Crippen LogP contribution < -0.4 is 5.32 Å². The third-order valence-corrected chi connectivity index (χ3v) is 3.14. The summed E-state index contributed by atoms with van der Waals surface area (Å²) >= 11 is 5.84. The summed E-state index contributed by atoms with van der Waals surface area (Å²) in [5.74, 6) is 0. The van der Waals surface area contributed by atoms with Gasteiger partial charge >= 0.3 is 0 Å². The molecule has 3 aromatic rings. The SMILES string of the molecule is Clc1cc(NCc2ccc(-n3cccn3)cc2)ccn1. The van der Waals surface area contributed by atoms with Gasteiger partial charge in [0, 0.05) is 30.8 Å². The lowest BCUT2D eigenvalue weighted by molar-refractivity contribution is 0.879. The minimum atomic E-state index is 0.490. The number of anilines is 1. The summed E-state index contributed by atoms with van der Waals surface area (Å²) in [5, 5.41) is 8.00. The monoisotopic (exact) mass is 284 g/mol. The van der Waals surface area contributed by atoms with Gasteiger partial charge in [-0.1, -0.05) is 23.7 Å². The second-order valence-electron chi connectivity index (χ2n) is 4.34. The fraction of sp³-hybridized carbons (Fsp3) is 0.0667. The summed E-state index contributed by atoms with van der Waals surface area (Å²) in [5.41, 5.74) is 3.20. The van der Waals surface area contributed by atoms with Crippen molar-refractivity contribution < 1.29 is 0 Å². The molecule has 1 N–H and O–H groups in total. The van der Waals surface area contributed by atoms with E-state index in [9.17, 15) is 0 Å². The molecule has 0 unspecified atom stereocenters. The molecule has 100 valence electrons. The van der Waals surface area contributed by atoms with Crippen LogP contribution in [-0.4, -0.2) is 14.8 Å². The molecule has 2 heterocycles. The molecule has 5 heteroatoms. The quantitative estimate of drug-likeness (QED) is 0.745. The smallest absolute Gasteiger partial charge is 0.131 e. The molecule has 0 fully saturated rings. The van der Waals surface area contributed by atoms with Gasteiger partial charge in [0.15, 0.2) is 0 Å². The Morgan fingerprint density at radius 3 is 2.65 bits per heavy atom. The predicted octanol–water partition coefficient (Wildman–Crippen LogP) is 3.53. The molecule has 0 aliphatic carbocycles. The molecular formula is C15H13ClN4. The van der Waals surface area contributed by atoms with Crippen molar-refractivity contribution >= 4 is 17.3 Å². The number of halogens is 1. The topological polar surface area (TPSA) is 42.7 Å². The third kappa shape index (κ3) is 2.97. The van der Waals surface area contributed by atoms with Gasteiger partial charge in [0.1, 0.15) is 5.15 Å². The molecule has 0 saturated carbocycles. The van der Waals surface area contributed by atoms with Gasteiger partial charge in [-0.3, -0.25) is 0 Å². The summed E-state index contributed by atoms with van der Waals surface area (Å²) in [6.07, 6.45) is 5.38. The van der Waals surface area contributed by atoms with Crippen molar-refractivity contribution in [3.05, 3.63) is 71.8 Å². The standard InChI is InChI=1S/C15H13ClN4/c16-15-10-13(6-8-17-15)18-11-12-2-4-14(5-3-12)20-9-1-7-19-20/h1-10H,11H2,(H,17,18). The highest BCUT2D eigenvalue weighted by atomic mass is 35.5. The van der Waals surface area contributed by atoms with E-state index in [4.69, 9.17) is 11.6 Å². The summed E-state index contributed by atoms with van der Waals surface area (Å²) in [7, 11) is 0. The van der Waals surface area contributed by atoms with Crippen molar-refractivity contribution in [2.75, 3.05) is 5.32 Å². The Morgan fingerprint density at radius 2 is 1.95 bits per heavy atom. The third-order valence-electron chi connectivity index (χ3n) is 2.93. The number of nitrogens with zero attached hydrogens (tertiary/aromatic N) is 3. The molecule has 0 radical (unpaired) electrons. The van der Waals surface area contributed by atoms with Crippen molar-refractivity contribution in [1.29, 1.82) is 0 Å². The van der Waals surface area contributed by atoms with Gasteiger partial charge in [0.25, 0.3) is 0 Å². The maximum absolute atomic E-state index is 5.84. The minimum absolute atomic E-state index is 0.490. The van der Waals surface area contributed by atoms with E-state index in [2.05, 4.69) is 27.5 Å². The van der Waals surface area contributed by atoms with Gasteiger partial charge in [0.2, 0.25) is 0 Å². The second kappa shape index (κ2) is 5.75. The number of nitrogens with one attached hydrogen (secondary N) is 1. The average molecular weight is 285 g/mol. The molecule has 0 saturated heterocycles. The van der Waals surface area contributed by atoms with Crippen LogP contribution in [0.25, 0.3) is 5.69 Å². The fourth-order valence-corrected chi connectivity index (χ4v) is 2.08. The second-order valence-corrected chi connectivity index (χ2v) is 4.73. The molecule has 0 spiro atoms. The highest BCUT2D eigenvalue weighted by Gasteiger charge is 1.98. The fourth-order valence-electron chi connectivity index (χ4n) is 1.90.